The number of carbonyl (C=O) groups excluding carboxylic acids is 1. The number of morpholine rings is 1. The average Bonchev–Trinajstić information content (AvgIpc) is 2.57. The molecule has 3 rings (SSSR count). The molecule has 0 unspecified atom stereocenters. The molecule has 2 aliphatic rings. The number of carbonyl (C=O) groups is 1. The standard InChI is InChI=1S/C18H26N2O2/c21-18(14-15-6-2-1-3-7-15)19-16-8-4-5-9-17(16)20-10-12-22-13-11-20/h4-5,8-9,15H,1-3,6-7,10-14H2,(H,19,21). The summed E-state index contributed by atoms with van der Waals surface area (Å²) in [5.74, 6) is 0.733. The van der Waals surface area contributed by atoms with Crippen LogP contribution in [0.2, 0.25) is 0 Å². The number of rotatable bonds is 4. The van der Waals surface area contributed by atoms with E-state index in [1.54, 1.807) is 0 Å². The number of nitrogens with one attached hydrogen (secondary N) is 1. The number of ether oxygens (including phenoxy) is 1. The van der Waals surface area contributed by atoms with E-state index in [1.165, 1.54) is 32.1 Å². The summed E-state index contributed by atoms with van der Waals surface area (Å²) in [6.07, 6.45) is 6.97. The maximum Gasteiger partial charge on any atom is 0.224 e. The first kappa shape index (κ1) is 15.3. The van der Waals surface area contributed by atoms with Gasteiger partial charge in [0.05, 0.1) is 24.6 Å². The molecule has 4 heteroatoms. The molecule has 0 atom stereocenters. The molecule has 0 spiro atoms. The second-order valence-corrected chi connectivity index (χ2v) is 6.37. The zero-order chi connectivity index (χ0) is 15.2. The SMILES string of the molecule is O=C(CC1CCCCC1)Nc1ccccc1N1CCOCC1. The van der Waals surface area contributed by atoms with Crippen molar-refractivity contribution >= 4 is 17.3 Å². The van der Waals surface area contributed by atoms with E-state index in [-0.39, 0.29) is 5.91 Å². The highest BCUT2D eigenvalue weighted by Gasteiger charge is 2.19. The topological polar surface area (TPSA) is 41.6 Å². The molecule has 120 valence electrons. The van der Waals surface area contributed by atoms with Gasteiger partial charge in [0.2, 0.25) is 5.91 Å². The fraction of sp³-hybridized carbons (Fsp3) is 0.611. The van der Waals surface area contributed by atoms with Crippen LogP contribution in [0.25, 0.3) is 0 Å². The van der Waals surface area contributed by atoms with Gasteiger partial charge in [-0.05, 0) is 30.9 Å². The Hall–Kier alpha value is -1.55. The molecule has 0 aromatic heterocycles. The fourth-order valence-corrected chi connectivity index (χ4v) is 3.51. The molecule has 2 fully saturated rings. The van der Waals surface area contributed by atoms with Gasteiger partial charge in [-0.2, -0.15) is 0 Å². The lowest BCUT2D eigenvalue weighted by atomic mass is 9.87. The molecule has 1 heterocycles. The molecule has 0 bridgehead atoms. The van der Waals surface area contributed by atoms with E-state index < -0.39 is 0 Å². The number of hydrogen-bond donors (Lipinski definition) is 1. The van der Waals surface area contributed by atoms with Crippen molar-refractivity contribution in [3.05, 3.63) is 24.3 Å². The van der Waals surface area contributed by atoms with Crippen molar-refractivity contribution < 1.29 is 9.53 Å². The lowest BCUT2D eigenvalue weighted by molar-refractivity contribution is -0.117. The van der Waals surface area contributed by atoms with Crippen LogP contribution in [0.5, 0.6) is 0 Å². The highest BCUT2D eigenvalue weighted by Crippen LogP contribution is 2.29. The van der Waals surface area contributed by atoms with Gasteiger partial charge >= 0.3 is 0 Å². The first-order valence-electron chi connectivity index (χ1n) is 8.54. The second-order valence-electron chi connectivity index (χ2n) is 6.37. The lowest BCUT2D eigenvalue weighted by Gasteiger charge is -2.30. The van der Waals surface area contributed by atoms with Crippen molar-refractivity contribution in [2.24, 2.45) is 5.92 Å². The number of nitrogens with zero attached hydrogens (tertiary/aromatic N) is 1. The van der Waals surface area contributed by atoms with Gasteiger partial charge < -0.3 is 15.0 Å². The van der Waals surface area contributed by atoms with E-state index in [0.717, 1.165) is 37.7 Å². The van der Waals surface area contributed by atoms with Crippen molar-refractivity contribution in [2.45, 2.75) is 38.5 Å². The van der Waals surface area contributed by atoms with Crippen LogP contribution in [-0.2, 0) is 9.53 Å². The van der Waals surface area contributed by atoms with Crippen molar-refractivity contribution in [3.8, 4) is 0 Å². The molecular formula is C18H26N2O2. The van der Waals surface area contributed by atoms with Crippen LogP contribution in [0.4, 0.5) is 11.4 Å². The molecule has 1 amide bonds. The molecule has 4 nitrogen and oxygen atoms in total. The minimum Gasteiger partial charge on any atom is -0.378 e. The Balaban J connectivity index is 1.62. The van der Waals surface area contributed by atoms with Gasteiger partial charge in [0.1, 0.15) is 0 Å². The highest BCUT2D eigenvalue weighted by atomic mass is 16.5. The second kappa shape index (κ2) is 7.63. The van der Waals surface area contributed by atoms with Crippen LogP contribution in [-0.4, -0.2) is 32.2 Å². The van der Waals surface area contributed by atoms with E-state index >= 15 is 0 Å². The minimum atomic E-state index is 0.160. The van der Waals surface area contributed by atoms with Gasteiger partial charge in [-0.1, -0.05) is 31.4 Å². The van der Waals surface area contributed by atoms with Gasteiger partial charge in [-0.25, -0.2) is 0 Å². The quantitative estimate of drug-likeness (QED) is 0.926. The summed E-state index contributed by atoms with van der Waals surface area (Å²) >= 11 is 0. The molecular weight excluding hydrogens is 276 g/mol. The largest absolute Gasteiger partial charge is 0.378 e. The van der Waals surface area contributed by atoms with Crippen molar-refractivity contribution in [2.75, 3.05) is 36.5 Å². The summed E-state index contributed by atoms with van der Waals surface area (Å²) in [5, 5.41) is 3.13. The minimum absolute atomic E-state index is 0.160. The summed E-state index contributed by atoms with van der Waals surface area (Å²) < 4.78 is 5.41. The summed E-state index contributed by atoms with van der Waals surface area (Å²) in [6, 6.07) is 8.10. The van der Waals surface area contributed by atoms with Gasteiger partial charge in [0.25, 0.3) is 0 Å². The van der Waals surface area contributed by atoms with Gasteiger partial charge in [-0.15, -0.1) is 0 Å². The molecule has 1 aliphatic carbocycles. The van der Waals surface area contributed by atoms with E-state index in [1.807, 2.05) is 18.2 Å². The van der Waals surface area contributed by atoms with Crippen LogP contribution < -0.4 is 10.2 Å². The summed E-state index contributed by atoms with van der Waals surface area (Å²) in [7, 11) is 0. The molecule has 0 radical (unpaired) electrons. The number of benzene rings is 1. The van der Waals surface area contributed by atoms with Crippen LogP contribution in [0.15, 0.2) is 24.3 Å². The summed E-state index contributed by atoms with van der Waals surface area (Å²) in [4.78, 5) is 14.7. The van der Waals surface area contributed by atoms with E-state index in [9.17, 15) is 4.79 Å². The van der Waals surface area contributed by atoms with Crippen LogP contribution in [0.3, 0.4) is 0 Å². The smallest absolute Gasteiger partial charge is 0.224 e. The maximum atomic E-state index is 12.4. The first-order valence-corrected chi connectivity index (χ1v) is 8.54. The molecule has 1 N–H and O–H groups in total. The maximum absolute atomic E-state index is 12.4. The third-order valence-corrected chi connectivity index (χ3v) is 4.73. The zero-order valence-electron chi connectivity index (χ0n) is 13.2. The summed E-state index contributed by atoms with van der Waals surface area (Å²) in [5.41, 5.74) is 2.05. The molecule has 1 aromatic rings. The normalized spacial score (nSPS) is 19.9. The number of hydrogen-bond acceptors (Lipinski definition) is 3. The van der Waals surface area contributed by atoms with Crippen LogP contribution in [0, 0.1) is 5.92 Å². The Morgan fingerprint density at radius 2 is 1.86 bits per heavy atom. The Labute approximate surface area is 132 Å². The number of amides is 1. The van der Waals surface area contributed by atoms with Crippen LogP contribution in [0.1, 0.15) is 38.5 Å². The molecule has 1 saturated heterocycles. The highest BCUT2D eigenvalue weighted by molar-refractivity contribution is 5.94. The molecule has 1 aliphatic heterocycles. The Bertz CT molecular complexity index is 492. The van der Waals surface area contributed by atoms with Crippen molar-refractivity contribution in [3.63, 3.8) is 0 Å². The van der Waals surface area contributed by atoms with E-state index in [0.29, 0.717) is 12.3 Å². The first-order chi connectivity index (χ1) is 10.8. The van der Waals surface area contributed by atoms with Crippen molar-refractivity contribution in [1.29, 1.82) is 0 Å². The Morgan fingerprint density at radius 3 is 2.64 bits per heavy atom. The zero-order valence-corrected chi connectivity index (χ0v) is 13.2. The van der Waals surface area contributed by atoms with Gasteiger partial charge in [0, 0.05) is 19.5 Å². The Kier molecular flexibility index (Phi) is 5.33. The number of para-hydroxylation sites is 2. The summed E-state index contributed by atoms with van der Waals surface area (Å²) in [6.45, 7) is 3.28. The van der Waals surface area contributed by atoms with Gasteiger partial charge in [-0.3, -0.25) is 4.79 Å². The predicted octanol–water partition coefficient (Wildman–Crippen LogP) is 3.43. The average molecular weight is 302 g/mol. The predicted molar refractivity (Wildman–Crippen MR) is 89.3 cm³/mol. The van der Waals surface area contributed by atoms with Gasteiger partial charge in [0.15, 0.2) is 0 Å². The number of anilines is 2. The molecule has 1 aromatic carbocycles. The molecule has 1 saturated carbocycles. The van der Waals surface area contributed by atoms with E-state index in [4.69, 9.17) is 4.74 Å². The lowest BCUT2D eigenvalue weighted by Crippen LogP contribution is -2.36. The third-order valence-electron chi connectivity index (χ3n) is 4.73. The molecule has 22 heavy (non-hydrogen) atoms. The van der Waals surface area contributed by atoms with Crippen LogP contribution >= 0.6 is 0 Å². The fourth-order valence-electron chi connectivity index (χ4n) is 3.51. The van der Waals surface area contributed by atoms with Crippen molar-refractivity contribution in [1.82, 2.24) is 0 Å². The third kappa shape index (κ3) is 4.01. The van der Waals surface area contributed by atoms with E-state index in [2.05, 4.69) is 16.3 Å². The monoisotopic (exact) mass is 302 g/mol. The Morgan fingerprint density at radius 1 is 1.14 bits per heavy atom.